The highest BCUT2D eigenvalue weighted by Gasteiger charge is 2.05. The highest BCUT2D eigenvalue weighted by molar-refractivity contribution is 6.30. The maximum atomic E-state index is 9.82. The minimum atomic E-state index is -0.572. The Hall–Kier alpha value is -1.63. The number of aliphatic hydroxyl groups excluding tert-OH is 1. The summed E-state index contributed by atoms with van der Waals surface area (Å²) in [5.74, 6) is 1.48. The molecule has 0 spiro atoms. The summed E-state index contributed by atoms with van der Waals surface area (Å²) in [6.07, 6.45) is 1.83. The van der Waals surface area contributed by atoms with E-state index in [1.54, 1.807) is 35.3 Å². The zero-order valence-corrected chi connectivity index (χ0v) is 12.6. The fourth-order valence-electron chi connectivity index (χ4n) is 1.75. The van der Waals surface area contributed by atoms with Gasteiger partial charge in [0.15, 0.2) is 5.82 Å². The summed E-state index contributed by atoms with van der Waals surface area (Å²) in [4.78, 5) is 4.13. The van der Waals surface area contributed by atoms with Crippen LogP contribution in [0.3, 0.4) is 0 Å². The summed E-state index contributed by atoms with van der Waals surface area (Å²) in [6, 6.07) is 7.05. The molecule has 0 aliphatic rings. The van der Waals surface area contributed by atoms with Crippen molar-refractivity contribution >= 4 is 11.6 Å². The number of aryl methyl sites for hydroxylation is 1. The predicted molar refractivity (Wildman–Crippen MR) is 80.5 cm³/mol. The Balaban J connectivity index is 1.59. The summed E-state index contributed by atoms with van der Waals surface area (Å²) in [7, 11) is 1.84. The summed E-state index contributed by atoms with van der Waals surface area (Å²) >= 11 is 5.78. The number of halogens is 1. The number of benzene rings is 1. The van der Waals surface area contributed by atoms with Crippen molar-refractivity contribution in [3.63, 3.8) is 0 Å². The van der Waals surface area contributed by atoms with Crippen LogP contribution in [0.25, 0.3) is 0 Å². The van der Waals surface area contributed by atoms with E-state index >= 15 is 0 Å². The van der Waals surface area contributed by atoms with E-state index in [4.69, 9.17) is 16.3 Å². The molecule has 1 aromatic carbocycles. The zero-order chi connectivity index (χ0) is 15.1. The molecule has 1 aromatic heterocycles. The summed E-state index contributed by atoms with van der Waals surface area (Å²) in [5, 5.41) is 17.8. The average molecular weight is 311 g/mol. The molecule has 0 aliphatic heterocycles. The monoisotopic (exact) mass is 310 g/mol. The molecule has 6 nitrogen and oxygen atoms in total. The van der Waals surface area contributed by atoms with Gasteiger partial charge in [-0.1, -0.05) is 11.6 Å². The van der Waals surface area contributed by atoms with Gasteiger partial charge in [0.1, 0.15) is 24.8 Å². The van der Waals surface area contributed by atoms with Gasteiger partial charge < -0.3 is 15.2 Å². The first-order valence-electron chi connectivity index (χ1n) is 6.75. The van der Waals surface area contributed by atoms with Gasteiger partial charge >= 0.3 is 0 Å². The molecule has 0 saturated carbocycles. The molecule has 0 aliphatic carbocycles. The third kappa shape index (κ3) is 5.71. The first kappa shape index (κ1) is 15.8. The fraction of sp³-hybridized carbons (Fsp3) is 0.429. The largest absolute Gasteiger partial charge is 0.491 e. The molecule has 2 N–H and O–H groups in total. The topological polar surface area (TPSA) is 72.2 Å². The Morgan fingerprint density at radius 3 is 2.81 bits per heavy atom. The van der Waals surface area contributed by atoms with Gasteiger partial charge in [0.05, 0.1) is 0 Å². The van der Waals surface area contributed by atoms with Crippen LogP contribution in [0.2, 0.25) is 5.02 Å². The number of hydrogen-bond donors (Lipinski definition) is 2. The summed E-state index contributed by atoms with van der Waals surface area (Å²) in [6.45, 7) is 1.40. The quantitative estimate of drug-likeness (QED) is 0.713. The van der Waals surface area contributed by atoms with Gasteiger partial charge in [-0.25, -0.2) is 4.98 Å². The first-order valence-corrected chi connectivity index (χ1v) is 7.13. The van der Waals surface area contributed by atoms with Crippen LogP contribution >= 0.6 is 11.6 Å². The lowest BCUT2D eigenvalue weighted by atomic mass is 10.3. The van der Waals surface area contributed by atoms with Crippen LogP contribution in [0.4, 0.5) is 0 Å². The standard InChI is InChI=1S/C14H19ClN4O2/c1-19-10-17-14(18-19)6-7-16-8-12(20)9-21-13-4-2-11(15)3-5-13/h2-5,10,12,16,20H,6-9H2,1H3. The van der Waals surface area contributed by atoms with Crippen LogP contribution in [0.15, 0.2) is 30.6 Å². The number of nitrogens with one attached hydrogen (secondary N) is 1. The second-order valence-electron chi connectivity index (χ2n) is 4.71. The van der Waals surface area contributed by atoms with Gasteiger partial charge in [-0.05, 0) is 24.3 Å². The Labute approximate surface area is 128 Å². The van der Waals surface area contributed by atoms with E-state index in [9.17, 15) is 5.11 Å². The van der Waals surface area contributed by atoms with E-state index in [0.29, 0.717) is 23.9 Å². The molecular formula is C14H19ClN4O2. The molecule has 114 valence electrons. The molecule has 0 saturated heterocycles. The van der Waals surface area contributed by atoms with Crippen LogP contribution in [-0.4, -0.2) is 45.7 Å². The molecule has 1 unspecified atom stereocenters. The Morgan fingerprint density at radius 2 is 2.14 bits per heavy atom. The van der Waals surface area contributed by atoms with Gasteiger partial charge in [-0.2, -0.15) is 5.10 Å². The maximum absolute atomic E-state index is 9.82. The highest BCUT2D eigenvalue weighted by Crippen LogP contribution is 2.15. The van der Waals surface area contributed by atoms with Crippen LogP contribution in [0.5, 0.6) is 5.75 Å². The predicted octanol–water partition coefficient (Wildman–Crippen LogP) is 1.04. The van der Waals surface area contributed by atoms with Gasteiger partial charge in [-0.3, -0.25) is 4.68 Å². The smallest absolute Gasteiger partial charge is 0.151 e. The number of aliphatic hydroxyl groups is 1. The fourth-order valence-corrected chi connectivity index (χ4v) is 1.88. The molecule has 7 heteroatoms. The zero-order valence-electron chi connectivity index (χ0n) is 11.9. The normalized spacial score (nSPS) is 12.3. The Morgan fingerprint density at radius 1 is 1.38 bits per heavy atom. The van der Waals surface area contributed by atoms with Crippen LogP contribution in [0.1, 0.15) is 5.82 Å². The van der Waals surface area contributed by atoms with Crippen molar-refractivity contribution in [3.05, 3.63) is 41.4 Å². The summed E-state index contributed by atoms with van der Waals surface area (Å²) in [5.41, 5.74) is 0. The maximum Gasteiger partial charge on any atom is 0.151 e. The lowest BCUT2D eigenvalue weighted by Gasteiger charge is -2.13. The van der Waals surface area contributed by atoms with Crippen molar-refractivity contribution < 1.29 is 9.84 Å². The van der Waals surface area contributed by atoms with Crippen molar-refractivity contribution in [2.45, 2.75) is 12.5 Å². The van der Waals surface area contributed by atoms with Crippen molar-refractivity contribution in [2.75, 3.05) is 19.7 Å². The lowest BCUT2D eigenvalue weighted by Crippen LogP contribution is -2.32. The van der Waals surface area contributed by atoms with E-state index in [-0.39, 0.29) is 6.61 Å². The molecule has 2 aromatic rings. The Kier molecular flexibility index (Phi) is 5.98. The SMILES string of the molecule is Cn1cnc(CCNCC(O)COc2ccc(Cl)cc2)n1. The van der Waals surface area contributed by atoms with Gasteiger partial charge in [0.25, 0.3) is 0 Å². The molecule has 0 bridgehead atoms. The van der Waals surface area contributed by atoms with Crippen molar-refractivity contribution in [2.24, 2.45) is 7.05 Å². The molecule has 0 amide bonds. The molecular weight excluding hydrogens is 292 g/mol. The molecule has 0 radical (unpaired) electrons. The van der Waals surface area contributed by atoms with Crippen molar-refractivity contribution in [3.8, 4) is 5.75 Å². The van der Waals surface area contributed by atoms with E-state index in [2.05, 4.69) is 15.4 Å². The number of nitrogens with zero attached hydrogens (tertiary/aromatic N) is 3. The van der Waals surface area contributed by atoms with E-state index in [1.165, 1.54) is 0 Å². The molecule has 0 fully saturated rings. The highest BCUT2D eigenvalue weighted by atomic mass is 35.5. The third-order valence-corrected chi connectivity index (χ3v) is 3.06. The minimum Gasteiger partial charge on any atom is -0.491 e. The van der Waals surface area contributed by atoms with Crippen molar-refractivity contribution in [1.82, 2.24) is 20.1 Å². The molecule has 2 rings (SSSR count). The van der Waals surface area contributed by atoms with E-state index < -0.39 is 6.10 Å². The number of ether oxygens (including phenoxy) is 1. The van der Waals surface area contributed by atoms with Crippen molar-refractivity contribution in [1.29, 1.82) is 0 Å². The second kappa shape index (κ2) is 7.97. The summed E-state index contributed by atoms with van der Waals surface area (Å²) < 4.78 is 7.14. The Bertz CT molecular complexity index is 544. The average Bonchev–Trinajstić information content (AvgIpc) is 2.89. The lowest BCUT2D eigenvalue weighted by molar-refractivity contribution is 0.106. The van der Waals surface area contributed by atoms with Gasteiger partial charge in [0.2, 0.25) is 0 Å². The van der Waals surface area contributed by atoms with Gasteiger partial charge in [-0.15, -0.1) is 0 Å². The van der Waals surface area contributed by atoms with Crippen LogP contribution in [0, 0.1) is 0 Å². The molecule has 1 atom stereocenters. The first-order chi connectivity index (χ1) is 10.1. The van der Waals surface area contributed by atoms with Crippen LogP contribution in [-0.2, 0) is 13.5 Å². The number of hydrogen-bond acceptors (Lipinski definition) is 5. The van der Waals surface area contributed by atoms with E-state index in [0.717, 1.165) is 12.2 Å². The molecule has 1 heterocycles. The number of aromatic nitrogens is 3. The number of rotatable bonds is 8. The van der Waals surface area contributed by atoms with Crippen LogP contribution < -0.4 is 10.1 Å². The van der Waals surface area contributed by atoms with Gasteiger partial charge in [0, 0.05) is 31.6 Å². The third-order valence-electron chi connectivity index (χ3n) is 2.81. The second-order valence-corrected chi connectivity index (χ2v) is 5.14. The molecule has 21 heavy (non-hydrogen) atoms. The van der Waals surface area contributed by atoms with E-state index in [1.807, 2.05) is 7.05 Å². The minimum absolute atomic E-state index is 0.233.